The summed E-state index contributed by atoms with van der Waals surface area (Å²) in [5.74, 6) is -3.10. The van der Waals surface area contributed by atoms with Crippen LogP contribution in [0.15, 0.2) is 66.7 Å². The molecule has 2 aromatic carbocycles. The third-order valence-corrected chi connectivity index (χ3v) is 7.16. The van der Waals surface area contributed by atoms with Gasteiger partial charge in [0.2, 0.25) is 5.91 Å². The number of nitrogens with one attached hydrogen (secondary N) is 2. The number of carboxylic acid groups (broad SMARTS) is 2. The molecule has 3 aromatic rings. The van der Waals surface area contributed by atoms with Gasteiger partial charge in [0.15, 0.2) is 5.82 Å². The molecular formula is C32H36N6O9. The largest absolute Gasteiger partial charge is 0.527 e. The van der Waals surface area contributed by atoms with Crippen LogP contribution in [0.2, 0.25) is 0 Å². The molecule has 15 nitrogen and oxygen atoms in total. The van der Waals surface area contributed by atoms with Gasteiger partial charge in [-0.15, -0.1) is 5.06 Å². The zero-order chi connectivity index (χ0) is 33.8. The normalized spacial score (nSPS) is 14.4. The Hall–Kier alpha value is -5.57. The molecule has 2 heterocycles. The number of carbonyl (C=O) groups is 5. The van der Waals surface area contributed by atoms with Crippen LogP contribution < -0.4 is 10.6 Å². The van der Waals surface area contributed by atoms with Crippen molar-refractivity contribution in [2.45, 2.75) is 38.3 Å². The fourth-order valence-electron chi connectivity index (χ4n) is 4.87. The molecule has 0 unspecified atom stereocenters. The average molecular weight is 649 g/mol. The Morgan fingerprint density at radius 1 is 0.894 bits per heavy atom. The van der Waals surface area contributed by atoms with Crippen molar-refractivity contribution < 1.29 is 43.8 Å². The van der Waals surface area contributed by atoms with Crippen molar-refractivity contribution >= 4 is 35.7 Å². The van der Waals surface area contributed by atoms with Gasteiger partial charge in [-0.3, -0.25) is 19.2 Å². The van der Waals surface area contributed by atoms with Crippen LogP contribution in [0.4, 0.5) is 10.6 Å². The Balaban J connectivity index is 1.57. The molecule has 0 aliphatic carbocycles. The molecule has 4 N–H and O–H groups in total. The molecular weight excluding hydrogens is 612 g/mol. The van der Waals surface area contributed by atoms with Crippen molar-refractivity contribution in [3.05, 3.63) is 78.0 Å². The second-order valence-electron chi connectivity index (χ2n) is 10.5. The Morgan fingerprint density at radius 3 is 2.17 bits per heavy atom. The van der Waals surface area contributed by atoms with E-state index in [2.05, 4.69) is 20.6 Å². The van der Waals surface area contributed by atoms with E-state index in [-0.39, 0.29) is 69.4 Å². The van der Waals surface area contributed by atoms with Crippen LogP contribution in [0.3, 0.4) is 0 Å². The SMILES string of the molecule is CCOC(=O)ON1CCN(C(=O)[C@H](CCC(=O)O)NC(=O)c2cc(N[C@@H](CC(=O)O)c3ccccc3)nc(-c3ccccc3)n2)CC1. The zero-order valence-electron chi connectivity index (χ0n) is 25.7. The van der Waals surface area contributed by atoms with Gasteiger partial charge < -0.3 is 35.3 Å². The summed E-state index contributed by atoms with van der Waals surface area (Å²) in [5.41, 5.74) is 1.15. The predicted molar refractivity (Wildman–Crippen MR) is 167 cm³/mol. The van der Waals surface area contributed by atoms with Crippen molar-refractivity contribution in [1.29, 1.82) is 0 Å². The molecule has 2 amide bonds. The van der Waals surface area contributed by atoms with Crippen LogP contribution in [0.5, 0.6) is 0 Å². The van der Waals surface area contributed by atoms with E-state index in [1.807, 2.05) is 0 Å². The standard InChI is InChI=1S/C32H36N6O9/c1-2-46-32(45)47-38-17-15-37(16-18-38)31(44)23(13-14-27(39)40)35-30(43)25-19-26(36-29(34-25)22-11-7-4-8-12-22)33-24(20-28(41)42)21-9-5-3-6-10-21/h3-12,19,23-24H,2,13-18,20H2,1H3,(H,35,43)(H,39,40)(H,41,42)(H,33,34,36)/t23-,24-/m0/s1. The number of aliphatic carboxylic acids is 2. The van der Waals surface area contributed by atoms with E-state index in [0.717, 1.165) is 0 Å². The molecule has 4 rings (SSSR count). The van der Waals surface area contributed by atoms with Gasteiger partial charge in [-0.25, -0.2) is 14.8 Å². The molecule has 15 heteroatoms. The highest BCUT2D eigenvalue weighted by Gasteiger charge is 2.31. The fourth-order valence-corrected chi connectivity index (χ4v) is 4.87. The topological polar surface area (TPSA) is 201 Å². The van der Waals surface area contributed by atoms with E-state index < -0.39 is 42.0 Å². The van der Waals surface area contributed by atoms with Crippen molar-refractivity contribution in [3.8, 4) is 11.4 Å². The highest BCUT2D eigenvalue weighted by molar-refractivity contribution is 5.97. The number of carbonyl (C=O) groups excluding carboxylic acids is 3. The summed E-state index contributed by atoms with van der Waals surface area (Å²) in [5, 5.41) is 26.0. The van der Waals surface area contributed by atoms with E-state index in [1.54, 1.807) is 67.6 Å². The van der Waals surface area contributed by atoms with Crippen LogP contribution in [-0.2, 0) is 24.0 Å². The predicted octanol–water partition coefficient (Wildman–Crippen LogP) is 2.97. The van der Waals surface area contributed by atoms with Gasteiger partial charge in [0.1, 0.15) is 17.6 Å². The molecule has 1 aromatic heterocycles. The molecule has 0 saturated carbocycles. The number of nitrogens with zero attached hydrogens (tertiary/aromatic N) is 4. The van der Waals surface area contributed by atoms with Gasteiger partial charge in [-0.1, -0.05) is 60.7 Å². The number of hydroxylamine groups is 2. The second kappa shape index (κ2) is 16.7. The van der Waals surface area contributed by atoms with Crippen molar-refractivity contribution in [2.24, 2.45) is 0 Å². The first-order valence-electron chi connectivity index (χ1n) is 15.0. The van der Waals surface area contributed by atoms with Crippen LogP contribution in [-0.4, -0.2) is 98.9 Å². The number of aromatic nitrogens is 2. The number of benzene rings is 2. The van der Waals surface area contributed by atoms with Gasteiger partial charge in [-0.2, -0.15) is 0 Å². The minimum absolute atomic E-state index is 0.121. The monoisotopic (exact) mass is 648 g/mol. The number of rotatable bonds is 14. The Morgan fingerprint density at radius 2 is 1.55 bits per heavy atom. The van der Waals surface area contributed by atoms with Gasteiger partial charge in [0.05, 0.1) is 32.2 Å². The number of hydrogen-bond acceptors (Lipinski definition) is 11. The molecule has 1 saturated heterocycles. The Labute approximate surface area is 270 Å². The number of carboxylic acids is 2. The second-order valence-corrected chi connectivity index (χ2v) is 10.5. The summed E-state index contributed by atoms with van der Waals surface area (Å²) in [6.07, 6.45) is -1.70. The van der Waals surface area contributed by atoms with Crippen LogP contribution in [0.1, 0.15) is 48.3 Å². The lowest BCUT2D eigenvalue weighted by molar-refractivity contribution is -0.157. The van der Waals surface area contributed by atoms with Gasteiger partial charge >= 0.3 is 18.1 Å². The summed E-state index contributed by atoms with van der Waals surface area (Å²) < 4.78 is 4.78. The van der Waals surface area contributed by atoms with E-state index in [0.29, 0.717) is 11.1 Å². The lowest BCUT2D eigenvalue weighted by atomic mass is 10.0. The smallest absolute Gasteiger partial charge is 0.481 e. The number of anilines is 1. The summed E-state index contributed by atoms with van der Waals surface area (Å²) in [7, 11) is 0. The molecule has 248 valence electrons. The number of hydrogen-bond donors (Lipinski definition) is 4. The molecule has 0 spiro atoms. The quantitative estimate of drug-likeness (QED) is 0.186. The van der Waals surface area contributed by atoms with E-state index in [4.69, 9.17) is 9.57 Å². The van der Waals surface area contributed by atoms with Gasteiger partial charge in [-0.05, 0) is 18.9 Å². The van der Waals surface area contributed by atoms with Crippen LogP contribution >= 0.6 is 0 Å². The molecule has 47 heavy (non-hydrogen) atoms. The van der Waals surface area contributed by atoms with E-state index in [1.165, 1.54) is 16.0 Å². The molecule has 0 bridgehead atoms. The highest BCUT2D eigenvalue weighted by Crippen LogP contribution is 2.25. The first-order chi connectivity index (χ1) is 22.6. The lowest BCUT2D eigenvalue weighted by Crippen LogP contribution is -2.55. The van der Waals surface area contributed by atoms with Crippen LogP contribution in [0, 0.1) is 0 Å². The number of ether oxygens (including phenoxy) is 1. The maximum Gasteiger partial charge on any atom is 0.527 e. The van der Waals surface area contributed by atoms with E-state index >= 15 is 0 Å². The molecule has 1 aliphatic rings. The van der Waals surface area contributed by atoms with Gasteiger partial charge in [0.25, 0.3) is 5.91 Å². The Kier molecular flexibility index (Phi) is 12.2. The lowest BCUT2D eigenvalue weighted by Gasteiger charge is -2.35. The first kappa shape index (κ1) is 34.3. The summed E-state index contributed by atoms with van der Waals surface area (Å²) in [4.78, 5) is 77.5. The highest BCUT2D eigenvalue weighted by atomic mass is 16.8. The minimum Gasteiger partial charge on any atom is -0.481 e. The number of piperazine rings is 1. The molecule has 1 fully saturated rings. The average Bonchev–Trinajstić information content (AvgIpc) is 3.06. The van der Waals surface area contributed by atoms with Crippen molar-refractivity contribution in [1.82, 2.24) is 25.2 Å². The molecule has 0 radical (unpaired) electrons. The minimum atomic E-state index is -1.20. The third kappa shape index (κ3) is 10.2. The fraction of sp³-hybridized carbons (Fsp3) is 0.344. The third-order valence-electron chi connectivity index (χ3n) is 7.16. The first-order valence-corrected chi connectivity index (χ1v) is 15.0. The summed E-state index contributed by atoms with van der Waals surface area (Å²) >= 11 is 0. The maximum atomic E-state index is 13.7. The Bertz CT molecular complexity index is 1550. The summed E-state index contributed by atoms with van der Waals surface area (Å²) in [6.45, 7) is 2.47. The molecule has 2 atom stereocenters. The van der Waals surface area contributed by atoms with Gasteiger partial charge in [0, 0.05) is 31.1 Å². The van der Waals surface area contributed by atoms with E-state index in [9.17, 15) is 34.2 Å². The van der Waals surface area contributed by atoms with Crippen LogP contribution in [0.25, 0.3) is 11.4 Å². The number of amides is 2. The maximum absolute atomic E-state index is 13.7. The van der Waals surface area contributed by atoms with Crippen molar-refractivity contribution in [3.63, 3.8) is 0 Å². The summed E-state index contributed by atoms with van der Waals surface area (Å²) in [6, 6.07) is 17.2. The van der Waals surface area contributed by atoms with Crippen molar-refractivity contribution in [2.75, 3.05) is 38.1 Å². The zero-order valence-corrected chi connectivity index (χ0v) is 25.7. The molecule has 1 aliphatic heterocycles.